The van der Waals surface area contributed by atoms with E-state index in [0.29, 0.717) is 35.0 Å². The molecule has 0 unspecified atom stereocenters. The predicted molar refractivity (Wildman–Crippen MR) is 107 cm³/mol. The summed E-state index contributed by atoms with van der Waals surface area (Å²) in [4.78, 5) is 15.9. The Balaban J connectivity index is 1.35. The van der Waals surface area contributed by atoms with Gasteiger partial charge in [0.15, 0.2) is 17.3 Å². The zero-order valence-corrected chi connectivity index (χ0v) is 16.1. The van der Waals surface area contributed by atoms with Crippen molar-refractivity contribution in [3.8, 4) is 0 Å². The normalized spacial score (nSPS) is 14.5. The number of pyridine rings is 1. The lowest BCUT2D eigenvalue weighted by Gasteiger charge is -2.41. The van der Waals surface area contributed by atoms with E-state index in [2.05, 4.69) is 15.5 Å². The molecule has 4 heterocycles. The zero-order chi connectivity index (χ0) is 20.3. The third-order valence-electron chi connectivity index (χ3n) is 5.15. The van der Waals surface area contributed by atoms with Crippen LogP contribution in [0.1, 0.15) is 15.2 Å². The van der Waals surface area contributed by atoms with Gasteiger partial charge in [0, 0.05) is 30.2 Å². The fraction of sp³-hybridized carbons (Fsp3) is 0.211. The second kappa shape index (κ2) is 6.38. The summed E-state index contributed by atoms with van der Waals surface area (Å²) in [6.07, 6.45) is 1.60. The van der Waals surface area contributed by atoms with E-state index in [4.69, 9.17) is 5.73 Å². The highest BCUT2D eigenvalue weighted by Gasteiger charge is 2.30. The number of benzene rings is 1. The minimum atomic E-state index is -0.885. The Kier molecular flexibility index (Phi) is 3.91. The Morgan fingerprint density at radius 2 is 2.07 bits per heavy atom. The van der Waals surface area contributed by atoms with Crippen molar-refractivity contribution in [3.05, 3.63) is 52.7 Å². The summed E-state index contributed by atoms with van der Waals surface area (Å²) >= 11 is 1.30. The summed E-state index contributed by atoms with van der Waals surface area (Å²) in [5.74, 6) is -2.01. The van der Waals surface area contributed by atoms with Gasteiger partial charge in [-0.1, -0.05) is 0 Å². The quantitative estimate of drug-likeness (QED) is 0.538. The number of nitrogens with zero attached hydrogens (tertiary/aromatic N) is 4. The number of nitrogens with two attached hydrogens (primary N) is 1. The second-order valence-electron chi connectivity index (χ2n) is 7.09. The topological polar surface area (TPSA) is 88.6 Å². The highest BCUT2D eigenvalue weighted by Crippen LogP contribution is 2.36. The SMILES string of the molecule is Cc1cc2nncn2c2sc(C(=O)NC3CN(c4ccc(F)c(F)c4)C3)c(N)c12. The van der Waals surface area contributed by atoms with Crippen molar-refractivity contribution in [2.75, 3.05) is 23.7 Å². The van der Waals surface area contributed by atoms with Gasteiger partial charge < -0.3 is 16.0 Å². The van der Waals surface area contributed by atoms with E-state index in [1.807, 2.05) is 22.3 Å². The van der Waals surface area contributed by atoms with Gasteiger partial charge in [0.1, 0.15) is 16.0 Å². The molecule has 10 heteroatoms. The van der Waals surface area contributed by atoms with Crippen LogP contribution in [0.5, 0.6) is 0 Å². The highest BCUT2D eigenvalue weighted by molar-refractivity contribution is 7.21. The highest BCUT2D eigenvalue weighted by atomic mass is 32.1. The van der Waals surface area contributed by atoms with Crippen LogP contribution in [0, 0.1) is 18.6 Å². The van der Waals surface area contributed by atoms with Crippen LogP contribution in [-0.2, 0) is 0 Å². The molecule has 1 aliphatic rings. The summed E-state index contributed by atoms with van der Waals surface area (Å²) < 4.78 is 28.3. The lowest BCUT2D eigenvalue weighted by Crippen LogP contribution is -2.59. The van der Waals surface area contributed by atoms with Crippen LogP contribution in [0.3, 0.4) is 0 Å². The van der Waals surface area contributed by atoms with Crippen LogP contribution < -0.4 is 16.0 Å². The molecule has 0 atom stereocenters. The van der Waals surface area contributed by atoms with Gasteiger partial charge in [-0.3, -0.25) is 9.20 Å². The maximum atomic E-state index is 13.4. The van der Waals surface area contributed by atoms with E-state index < -0.39 is 11.6 Å². The van der Waals surface area contributed by atoms with E-state index in [0.717, 1.165) is 27.9 Å². The van der Waals surface area contributed by atoms with Crippen LogP contribution >= 0.6 is 11.3 Å². The Morgan fingerprint density at radius 3 is 2.83 bits per heavy atom. The van der Waals surface area contributed by atoms with E-state index >= 15 is 0 Å². The molecular formula is C19H16F2N6OS. The molecule has 29 heavy (non-hydrogen) atoms. The number of aryl methyl sites for hydroxylation is 1. The lowest BCUT2D eigenvalue weighted by atomic mass is 10.1. The molecule has 3 N–H and O–H groups in total. The van der Waals surface area contributed by atoms with Crippen molar-refractivity contribution < 1.29 is 13.6 Å². The van der Waals surface area contributed by atoms with Gasteiger partial charge in [0.2, 0.25) is 0 Å². The molecular weight excluding hydrogens is 398 g/mol. The zero-order valence-electron chi connectivity index (χ0n) is 15.3. The molecule has 148 valence electrons. The molecule has 0 bridgehead atoms. The molecule has 1 amide bonds. The number of amides is 1. The molecule has 0 aliphatic carbocycles. The number of anilines is 2. The molecule has 0 spiro atoms. The molecule has 0 saturated carbocycles. The maximum Gasteiger partial charge on any atom is 0.263 e. The average Bonchev–Trinajstić information content (AvgIpc) is 3.25. The number of aromatic nitrogens is 3. The molecule has 1 saturated heterocycles. The number of rotatable bonds is 3. The molecule has 1 aliphatic heterocycles. The van der Waals surface area contributed by atoms with Gasteiger partial charge in [-0.05, 0) is 30.7 Å². The number of carbonyl (C=O) groups is 1. The first-order chi connectivity index (χ1) is 13.9. The van der Waals surface area contributed by atoms with Crippen molar-refractivity contribution in [1.82, 2.24) is 19.9 Å². The van der Waals surface area contributed by atoms with Crippen molar-refractivity contribution in [2.45, 2.75) is 13.0 Å². The van der Waals surface area contributed by atoms with Gasteiger partial charge >= 0.3 is 0 Å². The van der Waals surface area contributed by atoms with Crippen LogP contribution in [0.25, 0.3) is 15.9 Å². The van der Waals surface area contributed by atoms with Gasteiger partial charge in [-0.25, -0.2) is 8.78 Å². The van der Waals surface area contributed by atoms with Crippen molar-refractivity contribution >= 4 is 44.5 Å². The molecule has 5 rings (SSSR count). The van der Waals surface area contributed by atoms with Crippen molar-refractivity contribution in [1.29, 1.82) is 0 Å². The minimum absolute atomic E-state index is 0.101. The maximum absolute atomic E-state index is 13.4. The van der Waals surface area contributed by atoms with E-state index in [1.54, 1.807) is 6.33 Å². The fourth-order valence-corrected chi connectivity index (χ4v) is 4.80. The number of thiophene rings is 1. The van der Waals surface area contributed by atoms with Gasteiger partial charge in [0.25, 0.3) is 5.91 Å². The van der Waals surface area contributed by atoms with Gasteiger partial charge in [0.05, 0.1) is 11.7 Å². The van der Waals surface area contributed by atoms with Gasteiger partial charge in [-0.15, -0.1) is 21.5 Å². The van der Waals surface area contributed by atoms with E-state index in [9.17, 15) is 13.6 Å². The third kappa shape index (κ3) is 2.79. The van der Waals surface area contributed by atoms with E-state index in [1.165, 1.54) is 17.4 Å². The Bertz CT molecular complexity index is 1280. The number of hydrogen-bond donors (Lipinski definition) is 2. The van der Waals surface area contributed by atoms with Crippen molar-refractivity contribution in [3.63, 3.8) is 0 Å². The standard InChI is InChI=1S/C19H16F2N6OS/c1-9-4-14-25-23-8-27(14)19-15(9)16(22)17(29-19)18(28)24-10-6-26(7-10)11-2-3-12(20)13(21)5-11/h2-5,8,10H,6-7,22H2,1H3,(H,24,28). The molecule has 3 aromatic heterocycles. The first-order valence-corrected chi connectivity index (χ1v) is 9.76. The Labute approximate surface area is 167 Å². The first kappa shape index (κ1) is 17.8. The minimum Gasteiger partial charge on any atom is -0.397 e. The summed E-state index contributed by atoms with van der Waals surface area (Å²) in [5, 5.41) is 11.8. The van der Waals surface area contributed by atoms with Gasteiger partial charge in [-0.2, -0.15) is 0 Å². The molecule has 1 fully saturated rings. The number of halogens is 2. The number of hydrogen-bond acceptors (Lipinski definition) is 6. The number of carbonyl (C=O) groups excluding carboxylic acids is 1. The molecule has 7 nitrogen and oxygen atoms in total. The smallest absolute Gasteiger partial charge is 0.263 e. The van der Waals surface area contributed by atoms with Crippen LogP contribution in [0.15, 0.2) is 30.6 Å². The average molecular weight is 414 g/mol. The van der Waals surface area contributed by atoms with Crippen LogP contribution in [0.4, 0.5) is 20.2 Å². The monoisotopic (exact) mass is 414 g/mol. The number of nitrogen functional groups attached to an aromatic ring is 1. The second-order valence-corrected chi connectivity index (χ2v) is 8.08. The third-order valence-corrected chi connectivity index (χ3v) is 6.35. The summed E-state index contributed by atoms with van der Waals surface area (Å²) in [6, 6.07) is 5.56. The van der Waals surface area contributed by atoms with Crippen LogP contribution in [-0.4, -0.2) is 39.6 Å². The molecule has 1 aromatic carbocycles. The first-order valence-electron chi connectivity index (χ1n) is 8.94. The molecule has 0 radical (unpaired) electrons. The Hall–Kier alpha value is -3.27. The Morgan fingerprint density at radius 1 is 1.28 bits per heavy atom. The summed E-state index contributed by atoms with van der Waals surface area (Å²) in [7, 11) is 0. The number of fused-ring (bicyclic) bond motifs is 3. The van der Waals surface area contributed by atoms with Crippen molar-refractivity contribution in [2.24, 2.45) is 0 Å². The largest absolute Gasteiger partial charge is 0.397 e. The summed E-state index contributed by atoms with van der Waals surface area (Å²) in [5.41, 5.74) is 8.95. The predicted octanol–water partition coefficient (Wildman–Crippen LogP) is 2.73. The molecule has 4 aromatic rings. The van der Waals surface area contributed by atoms with Crippen LogP contribution in [0.2, 0.25) is 0 Å². The van der Waals surface area contributed by atoms with E-state index in [-0.39, 0.29) is 11.9 Å². The lowest BCUT2D eigenvalue weighted by molar-refractivity contribution is 0.0935. The number of nitrogens with one attached hydrogen (secondary N) is 1. The fourth-order valence-electron chi connectivity index (χ4n) is 3.63. The summed E-state index contributed by atoms with van der Waals surface area (Å²) in [6.45, 7) is 2.94.